The first kappa shape index (κ1) is 16.2. The zero-order valence-corrected chi connectivity index (χ0v) is 12.0. The summed E-state index contributed by atoms with van der Waals surface area (Å²) in [7, 11) is 0. The van der Waals surface area contributed by atoms with Crippen LogP contribution in [0.2, 0.25) is 0 Å². The van der Waals surface area contributed by atoms with Crippen LogP contribution in [0.1, 0.15) is 32.9 Å². The quantitative estimate of drug-likeness (QED) is 0.572. The second-order valence-corrected chi connectivity index (χ2v) is 5.77. The molecule has 5 N–H and O–H groups in total. The molecule has 0 aromatic carbocycles. The van der Waals surface area contributed by atoms with Crippen molar-refractivity contribution in [3.8, 4) is 0 Å². The van der Waals surface area contributed by atoms with E-state index in [1.165, 1.54) is 12.5 Å². The third-order valence-corrected chi connectivity index (χ3v) is 2.87. The van der Waals surface area contributed by atoms with Crippen molar-refractivity contribution < 1.29 is 14.7 Å². The van der Waals surface area contributed by atoms with Crippen LogP contribution in [0, 0.1) is 5.92 Å². The van der Waals surface area contributed by atoms with Crippen molar-refractivity contribution in [2.24, 2.45) is 11.7 Å². The van der Waals surface area contributed by atoms with Gasteiger partial charge in [-0.25, -0.2) is 9.78 Å². The zero-order chi connectivity index (χ0) is 15.3. The number of nitrogens with zero attached hydrogens (tertiary/aromatic N) is 1. The van der Waals surface area contributed by atoms with E-state index in [0.29, 0.717) is 12.1 Å². The molecule has 0 radical (unpaired) electrons. The second-order valence-electron chi connectivity index (χ2n) is 5.77. The lowest BCUT2D eigenvalue weighted by atomic mass is 9.92. The van der Waals surface area contributed by atoms with E-state index < -0.39 is 17.6 Å². The zero-order valence-electron chi connectivity index (χ0n) is 12.0. The number of H-pyrrole nitrogens is 1. The molecule has 2 atom stereocenters. The monoisotopic (exact) mass is 282 g/mol. The lowest BCUT2D eigenvalue weighted by Gasteiger charge is -2.24. The first-order valence-electron chi connectivity index (χ1n) is 6.48. The number of carboxylic acids is 1. The largest absolute Gasteiger partial charge is 0.480 e. The van der Waals surface area contributed by atoms with Crippen molar-refractivity contribution in [3.63, 3.8) is 0 Å². The average molecular weight is 282 g/mol. The van der Waals surface area contributed by atoms with Crippen molar-refractivity contribution in [1.82, 2.24) is 15.3 Å². The first-order valence-corrected chi connectivity index (χ1v) is 6.48. The third-order valence-electron chi connectivity index (χ3n) is 2.87. The maximum atomic E-state index is 12.0. The highest BCUT2D eigenvalue weighted by molar-refractivity contribution is 5.85. The number of carbonyl (C=O) groups excluding carboxylic acids is 1. The molecule has 0 bridgehead atoms. The summed E-state index contributed by atoms with van der Waals surface area (Å²) >= 11 is 0. The van der Waals surface area contributed by atoms with E-state index in [1.54, 1.807) is 6.92 Å². The Bertz CT molecular complexity index is 451. The number of carbonyl (C=O) groups is 2. The van der Waals surface area contributed by atoms with Crippen LogP contribution in [0.5, 0.6) is 0 Å². The molecule has 1 aromatic rings. The minimum absolute atomic E-state index is 0.166. The molecule has 1 heterocycles. The highest BCUT2D eigenvalue weighted by Gasteiger charge is 2.26. The molecule has 1 aromatic heterocycles. The van der Waals surface area contributed by atoms with Gasteiger partial charge in [-0.05, 0) is 20.3 Å². The Hall–Kier alpha value is -1.89. The summed E-state index contributed by atoms with van der Waals surface area (Å²) in [6.45, 7) is 5.39. The summed E-state index contributed by atoms with van der Waals surface area (Å²) in [4.78, 5) is 29.8. The van der Waals surface area contributed by atoms with Crippen molar-refractivity contribution in [2.45, 2.75) is 45.2 Å². The van der Waals surface area contributed by atoms with Crippen molar-refractivity contribution in [1.29, 1.82) is 0 Å². The summed E-state index contributed by atoms with van der Waals surface area (Å²) in [5, 5.41) is 11.7. The van der Waals surface area contributed by atoms with Crippen molar-refractivity contribution in [2.75, 3.05) is 0 Å². The van der Waals surface area contributed by atoms with E-state index in [4.69, 9.17) is 10.8 Å². The van der Waals surface area contributed by atoms with Crippen LogP contribution in [0.4, 0.5) is 0 Å². The van der Waals surface area contributed by atoms with E-state index in [2.05, 4.69) is 15.3 Å². The van der Waals surface area contributed by atoms with Gasteiger partial charge in [-0.3, -0.25) is 4.79 Å². The number of imidazole rings is 1. The lowest BCUT2D eigenvalue weighted by Crippen LogP contribution is -2.46. The molecular weight excluding hydrogens is 260 g/mol. The van der Waals surface area contributed by atoms with Gasteiger partial charge < -0.3 is 21.1 Å². The molecule has 0 aliphatic heterocycles. The van der Waals surface area contributed by atoms with Gasteiger partial charge in [0.15, 0.2) is 0 Å². The standard InChI is InChI=1S/C13H22N4O3/c1-8(5-13(2,3)14)11(18)17-10(12(19)20)4-9-6-15-7-16-9/h6-8,10H,4-5,14H2,1-3H3,(H,15,16)(H,17,18)(H,19,20). The van der Waals surface area contributed by atoms with E-state index in [-0.39, 0.29) is 18.2 Å². The lowest BCUT2D eigenvalue weighted by molar-refractivity contribution is -0.142. The number of rotatable bonds is 7. The minimum Gasteiger partial charge on any atom is -0.480 e. The second kappa shape index (κ2) is 6.51. The van der Waals surface area contributed by atoms with Crippen molar-refractivity contribution in [3.05, 3.63) is 18.2 Å². The number of aromatic nitrogens is 2. The maximum absolute atomic E-state index is 12.0. The number of nitrogens with one attached hydrogen (secondary N) is 2. The first-order chi connectivity index (χ1) is 9.19. The van der Waals surface area contributed by atoms with Crippen LogP contribution in [-0.2, 0) is 16.0 Å². The molecule has 2 unspecified atom stereocenters. The fraction of sp³-hybridized carbons (Fsp3) is 0.615. The van der Waals surface area contributed by atoms with Crippen LogP contribution in [-0.4, -0.2) is 38.5 Å². The Morgan fingerprint density at radius 1 is 1.55 bits per heavy atom. The van der Waals surface area contributed by atoms with Gasteiger partial charge in [0, 0.05) is 29.8 Å². The van der Waals surface area contributed by atoms with Gasteiger partial charge in [-0.15, -0.1) is 0 Å². The third kappa shape index (κ3) is 5.40. The van der Waals surface area contributed by atoms with Gasteiger partial charge in [-0.1, -0.05) is 6.92 Å². The van der Waals surface area contributed by atoms with Crippen LogP contribution < -0.4 is 11.1 Å². The Labute approximate surface area is 118 Å². The van der Waals surface area contributed by atoms with Crippen molar-refractivity contribution >= 4 is 11.9 Å². The van der Waals surface area contributed by atoms with E-state index in [0.717, 1.165) is 0 Å². The number of aliphatic carboxylic acids is 1. The highest BCUT2D eigenvalue weighted by atomic mass is 16.4. The van der Waals surface area contributed by atoms with Gasteiger partial charge in [0.25, 0.3) is 0 Å². The molecule has 7 nitrogen and oxygen atoms in total. The summed E-state index contributed by atoms with van der Waals surface area (Å²) in [5.41, 5.74) is 6.05. The summed E-state index contributed by atoms with van der Waals surface area (Å²) in [5.74, 6) is -1.73. The summed E-state index contributed by atoms with van der Waals surface area (Å²) < 4.78 is 0. The Morgan fingerprint density at radius 2 is 2.20 bits per heavy atom. The molecule has 0 aliphatic carbocycles. The van der Waals surface area contributed by atoms with Crippen LogP contribution in [0.3, 0.4) is 0 Å². The molecular formula is C13H22N4O3. The molecule has 1 amide bonds. The summed E-state index contributed by atoms with van der Waals surface area (Å²) in [6, 6.07) is -0.980. The maximum Gasteiger partial charge on any atom is 0.326 e. The number of nitrogens with two attached hydrogens (primary N) is 1. The minimum atomic E-state index is -1.08. The van der Waals surface area contributed by atoms with Gasteiger partial charge in [0.2, 0.25) is 5.91 Å². The average Bonchev–Trinajstić information content (AvgIpc) is 2.78. The SMILES string of the molecule is CC(CC(C)(C)N)C(=O)NC(Cc1cnc[nH]1)C(=O)O. The van der Waals surface area contributed by atoms with Crippen LogP contribution >= 0.6 is 0 Å². The Balaban J connectivity index is 2.61. The summed E-state index contributed by atoms with van der Waals surface area (Å²) in [6.07, 6.45) is 3.65. The molecule has 0 fully saturated rings. The number of hydrogen-bond donors (Lipinski definition) is 4. The fourth-order valence-corrected chi connectivity index (χ4v) is 2.01. The molecule has 0 spiro atoms. The highest BCUT2D eigenvalue weighted by Crippen LogP contribution is 2.13. The van der Waals surface area contributed by atoms with Crippen LogP contribution in [0.25, 0.3) is 0 Å². The number of hydrogen-bond acceptors (Lipinski definition) is 4. The number of aromatic amines is 1. The van der Waals surface area contributed by atoms with Gasteiger partial charge in [0.1, 0.15) is 6.04 Å². The molecule has 1 rings (SSSR count). The van der Waals surface area contributed by atoms with Gasteiger partial charge in [-0.2, -0.15) is 0 Å². The number of carboxylic acid groups (broad SMARTS) is 1. The fourth-order valence-electron chi connectivity index (χ4n) is 2.01. The molecule has 0 saturated carbocycles. The predicted octanol–water partition coefficient (Wildman–Crippen LogP) is 0.285. The Kier molecular flexibility index (Phi) is 5.26. The molecule has 7 heteroatoms. The number of amides is 1. The normalized spacial score (nSPS) is 14.6. The topological polar surface area (TPSA) is 121 Å². The van der Waals surface area contributed by atoms with Crippen LogP contribution in [0.15, 0.2) is 12.5 Å². The van der Waals surface area contributed by atoms with Gasteiger partial charge >= 0.3 is 5.97 Å². The molecule has 0 aliphatic rings. The van der Waals surface area contributed by atoms with E-state index in [1.807, 2.05) is 13.8 Å². The van der Waals surface area contributed by atoms with E-state index in [9.17, 15) is 9.59 Å². The molecule has 20 heavy (non-hydrogen) atoms. The van der Waals surface area contributed by atoms with E-state index >= 15 is 0 Å². The Morgan fingerprint density at radius 3 is 2.65 bits per heavy atom. The molecule has 112 valence electrons. The van der Waals surface area contributed by atoms with Gasteiger partial charge in [0.05, 0.1) is 6.33 Å². The predicted molar refractivity (Wildman–Crippen MR) is 73.9 cm³/mol. The molecule has 0 saturated heterocycles. The smallest absolute Gasteiger partial charge is 0.326 e.